The van der Waals surface area contributed by atoms with E-state index >= 15 is 0 Å². The zero-order valence-corrected chi connectivity index (χ0v) is 19.8. The van der Waals surface area contributed by atoms with Crippen LogP contribution >= 0.6 is 11.6 Å². The Morgan fingerprint density at radius 3 is 2.56 bits per heavy atom. The van der Waals surface area contributed by atoms with Gasteiger partial charge < -0.3 is 15.2 Å². The summed E-state index contributed by atoms with van der Waals surface area (Å²) in [5.74, 6) is 1.08. The number of piperidine rings is 1. The zero-order chi connectivity index (χ0) is 22.7. The highest BCUT2D eigenvalue weighted by atomic mass is 35.5. The predicted molar refractivity (Wildman–Crippen MR) is 126 cm³/mol. The Kier molecular flexibility index (Phi) is 5.48. The highest BCUT2D eigenvalue weighted by molar-refractivity contribution is 6.32. The fraction of sp³-hybridized carbons (Fsp3) is 0.600. The van der Waals surface area contributed by atoms with Crippen LogP contribution in [-0.4, -0.2) is 58.8 Å². The molecule has 1 saturated carbocycles. The fourth-order valence-corrected chi connectivity index (χ4v) is 5.68. The van der Waals surface area contributed by atoms with Gasteiger partial charge in [-0.25, -0.2) is 4.98 Å². The van der Waals surface area contributed by atoms with Crippen LogP contribution < -0.4 is 5.32 Å². The molecule has 32 heavy (non-hydrogen) atoms. The molecule has 1 aromatic carbocycles. The van der Waals surface area contributed by atoms with Crippen molar-refractivity contribution >= 4 is 34.1 Å². The third-order valence-electron chi connectivity index (χ3n) is 7.96. The lowest BCUT2D eigenvalue weighted by molar-refractivity contribution is -0.118. The van der Waals surface area contributed by atoms with E-state index in [1.165, 1.54) is 0 Å². The van der Waals surface area contributed by atoms with Crippen molar-refractivity contribution < 1.29 is 14.6 Å². The van der Waals surface area contributed by atoms with E-state index in [1.807, 2.05) is 12.1 Å². The SMILES string of the molecule is CC1(C)C[C@H]1C(=O)Nc1cc2cc(C3CCN([C@]4(C)COC[C@@H]4O)CC3)c(Cl)cc2cn1. The summed E-state index contributed by atoms with van der Waals surface area (Å²) in [6.45, 7) is 9.14. The third-order valence-corrected chi connectivity index (χ3v) is 8.29. The van der Waals surface area contributed by atoms with Gasteiger partial charge in [0.25, 0.3) is 0 Å². The minimum absolute atomic E-state index is 0.0509. The molecule has 2 saturated heterocycles. The number of ether oxygens (including phenoxy) is 1. The summed E-state index contributed by atoms with van der Waals surface area (Å²) in [6, 6.07) is 6.09. The predicted octanol–water partition coefficient (Wildman–Crippen LogP) is 4.20. The van der Waals surface area contributed by atoms with Crippen molar-refractivity contribution in [2.24, 2.45) is 11.3 Å². The van der Waals surface area contributed by atoms with Gasteiger partial charge in [0, 0.05) is 22.5 Å². The number of rotatable bonds is 4. The van der Waals surface area contributed by atoms with Crippen LogP contribution in [0.1, 0.15) is 51.5 Å². The largest absolute Gasteiger partial charge is 0.389 e. The van der Waals surface area contributed by atoms with Gasteiger partial charge in [-0.2, -0.15) is 0 Å². The van der Waals surface area contributed by atoms with Crippen LogP contribution in [0.2, 0.25) is 5.02 Å². The molecule has 7 heteroatoms. The van der Waals surface area contributed by atoms with Crippen LogP contribution in [0.15, 0.2) is 24.4 Å². The number of aliphatic hydroxyl groups excluding tert-OH is 1. The van der Waals surface area contributed by atoms with E-state index < -0.39 is 6.10 Å². The van der Waals surface area contributed by atoms with Crippen molar-refractivity contribution in [1.82, 2.24) is 9.88 Å². The molecule has 0 unspecified atom stereocenters. The molecule has 2 aliphatic heterocycles. The Bertz CT molecular complexity index is 1050. The first-order valence-electron chi connectivity index (χ1n) is 11.6. The molecule has 1 amide bonds. The molecule has 1 aliphatic carbocycles. The van der Waals surface area contributed by atoms with Gasteiger partial charge in [-0.3, -0.25) is 9.69 Å². The van der Waals surface area contributed by atoms with Crippen LogP contribution in [0.25, 0.3) is 10.8 Å². The van der Waals surface area contributed by atoms with Crippen LogP contribution in [0.5, 0.6) is 0 Å². The normalized spacial score (nSPS) is 30.5. The van der Waals surface area contributed by atoms with E-state index in [0.29, 0.717) is 24.9 Å². The van der Waals surface area contributed by atoms with Gasteiger partial charge >= 0.3 is 0 Å². The molecule has 1 aromatic heterocycles. The number of halogens is 1. The fourth-order valence-electron chi connectivity index (χ4n) is 5.35. The van der Waals surface area contributed by atoms with Crippen LogP contribution in [0.4, 0.5) is 5.82 Å². The maximum Gasteiger partial charge on any atom is 0.229 e. The van der Waals surface area contributed by atoms with Gasteiger partial charge in [-0.15, -0.1) is 0 Å². The monoisotopic (exact) mass is 457 g/mol. The van der Waals surface area contributed by atoms with Crippen molar-refractivity contribution in [2.45, 2.75) is 57.6 Å². The van der Waals surface area contributed by atoms with Crippen LogP contribution in [0, 0.1) is 11.3 Å². The van der Waals surface area contributed by atoms with Crippen molar-refractivity contribution in [2.75, 3.05) is 31.6 Å². The molecule has 6 nitrogen and oxygen atoms in total. The maximum atomic E-state index is 12.5. The molecule has 3 aliphatic rings. The van der Waals surface area contributed by atoms with Crippen LogP contribution in [-0.2, 0) is 9.53 Å². The number of pyridine rings is 1. The standard InChI is InChI=1S/C25H32ClN3O3/c1-24(2)11-19(24)23(31)28-22-10-16-8-18(20(26)9-17(16)12-27-22)15-4-6-29(7-5-15)25(3)14-32-13-21(25)30/h8-10,12,15,19,21,30H,4-7,11,13-14H2,1-3H3,(H,27,28,31)/t19-,21-,25+/m0/s1. The number of anilines is 1. The van der Waals surface area contributed by atoms with Gasteiger partial charge in [-0.1, -0.05) is 25.4 Å². The maximum absolute atomic E-state index is 12.5. The van der Waals surface area contributed by atoms with Gasteiger partial charge in [0.1, 0.15) is 5.82 Å². The average Bonchev–Trinajstić information content (AvgIpc) is 3.28. The molecule has 0 radical (unpaired) electrons. The number of carbonyl (C=O) groups excluding carboxylic acids is 1. The number of nitrogens with one attached hydrogen (secondary N) is 1. The number of benzene rings is 1. The highest BCUT2D eigenvalue weighted by Gasteiger charge is 2.50. The first-order chi connectivity index (χ1) is 15.2. The summed E-state index contributed by atoms with van der Waals surface area (Å²) in [5.41, 5.74) is 0.945. The summed E-state index contributed by atoms with van der Waals surface area (Å²) in [5, 5.41) is 16.1. The van der Waals surface area contributed by atoms with Gasteiger partial charge in [0.05, 0.1) is 24.9 Å². The number of nitrogens with zero attached hydrogens (tertiary/aromatic N) is 2. The molecule has 3 fully saturated rings. The number of amides is 1. The van der Waals surface area contributed by atoms with Gasteiger partial charge in [-0.05, 0) is 79.8 Å². The van der Waals surface area contributed by atoms with E-state index in [-0.39, 0.29) is 22.8 Å². The second-order valence-corrected chi connectivity index (χ2v) is 11.1. The molecule has 2 aromatic rings. The average molecular weight is 458 g/mol. The van der Waals surface area contributed by atoms with E-state index in [2.05, 4.69) is 42.0 Å². The summed E-state index contributed by atoms with van der Waals surface area (Å²) in [7, 11) is 0. The number of likely N-dealkylation sites (tertiary alicyclic amines) is 1. The molecule has 3 atom stereocenters. The molecule has 3 heterocycles. The van der Waals surface area contributed by atoms with Gasteiger partial charge in [0.15, 0.2) is 0 Å². The van der Waals surface area contributed by atoms with E-state index in [1.54, 1.807) is 6.20 Å². The van der Waals surface area contributed by atoms with E-state index in [4.69, 9.17) is 16.3 Å². The first kappa shape index (κ1) is 22.1. The lowest BCUT2D eigenvalue weighted by Gasteiger charge is -2.43. The molecular weight excluding hydrogens is 426 g/mol. The summed E-state index contributed by atoms with van der Waals surface area (Å²) in [4.78, 5) is 19.3. The van der Waals surface area contributed by atoms with E-state index in [0.717, 1.165) is 53.7 Å². The second kappa shape index (κ2) is 7.94. The van der Waals surface area contributed by atoms with Crippen molar-refractivity contribution in [1.29, 1.82) is 0 Å². The molecule has 0 spiro atoms. The molecule has 2 N–H and O–H groups in total. The van der Waals surface area contributed by atoms with Crippen molar-refractivity contribution in [3.63, 3.8) is 0 Å². The Morgan fingerprint density at radius 1 is 1.22 bits per heavy atom. The Hall–Kier alpha value is -1.73. The number of hydrogen-bond acceptors (Lipinski definition) is 5. The highest BCUT2D eigenvalue weighted by Crippen LogP contribution is 2.52. The summed E-state index contributed by atoms with van der Waals surface area (Å²) in [6.07, 6.45) is 4.24. The van der Waals surface area contributed by atoms with Crippen molar-refractivity contribution in [3.05, 3.63) is 35.0 Å². The number of aromatic nitrogens is 1. The third kappa shape index (κ3) is 3.92. The minimum Gasteiger partial charge on any atom is -0.389 e. The lowest BCUT2D eigenvalue weighted by Crippen LogP contribution is -2.56. The summed E-state index contributed by atoms with van der Waals surface area (Å²) >= 11 is 6.68. The first-order valence-corrected chi connectivity index (χ1v) is 12.0. The quantitative estimate of drug-likeness (QED) is 0.719. The zero-order valence-electron chi connectivity index (χ0n) is 19.0. The molecular formula is C25H32ClN3O3. The number of fused-ring (bicyclic) bond motifs is 1. The van der Waals surface area contributed by atoms with Crippen LogP contribution in [0.3, 0.4) is 0 Å². The smallest absolute Gasteiger partial charge is 0.229 e. The number of carbonyl (C=O) groups is 1. The van der Waals surface area contributed by atoms with Gasteiger partial charge in [0.2, 0.25) is 5.91 Å². The number of aliphatic hydroxyl groups is 1. The molecule has 172 valence electrons. The number of hydrogen-bond donors (Lipinski definition) is 2. The lowest BCUT2D eigenvalue weighted by atomic mass is 9.85. The minimum atomic E-state index is -0.439. The topological polar surface area (TPSA) is 74.7 Å². The second-order valence-electron chi connectivity index (χ2n) is 10.7. The summed E-state index contributed by atoms with van der Waals surface area (Å²) < 4.78 is 5.52. The Balaban J connectivity index is 1.32. The Morgan fingerprint density at radius 2 is 1.94 bits per heavy atom. The molecule has 0 bridgehead atoms. The van der Waals surface area contributed by atoms with E-state index in [9.17, 15) is 9.90 Å². The van der Waals surface area contributed by atoms with Crippen molar-refractivity contribution in [3.8, 4) is 0 Å². The Labute approximate surface area is 194 Å². The molecule has 5 rings (SSSR count).